The predicted molar refractivity (Wildman–Crippen MR) is 76.0 cm³/mol. The molecule has 0 aliphatic heterocycles. The molecule has 19 heavy (non-hydrogen) atoms. The number of ether oxygens (including phenoxy) is 1. The van der Waals surface area contributed by atoms with Crippen LogP contribution in [0.2, 0.25) is 0 Å². The van der Waals surface area contributed by atoms with Gasteiger partial charge in [0.1, 0.15) is 0 Å². The third-order valence-electron chi connectivity index (χ3n) is 3.82. The summed E-state index contributed by atoms with van der Waals surface area (Å²) in [4.78, 5) is 11.9. The van der Waals surface area contributed by atoms with Gasteiger partial charge < -0.3 is 10.1 Å². The lowest BCUT2D eigenvalue weighted by Gasteiger charge is -2.31. The van der Waals surface area contributed by atoms with Crippen LogP contribution in [-0.4, -0.2) is 19.1 Å². The van der Waals surface area contributed by atoms with Crippen LogP contribution in [0.15, 0.2) is 24.3 Å². The Labute approximate surface area is 115 Å². The molecule has 1 atom stereocenters. The topological polar surface area (TPSA) is 38.3 Å². The summed E-state index contributed by atoms with van der Waals surface area (Å²) in [6.45, 7) is 5.37. The van der Waals surface area contributed by atoms with Crippen molar-refractivity contribution in [2.24, 2.45) is 0 Å². The second kappa shape index (κ2) is 6.20. The molecule has 0 saturated carbocycles. The van der Waals surface area contributed by atoms with Crippen LogP contribution in [0.25, 0.3) is 0 Å². The summed E-state index contributed by atoms with van der Waals surface area (Å²) in [5.41, 5.74) is 2.41. The molecule has 2 rings (SSSR count). The molecule has 0 bridgehead atoms. The highest BCUT2D eigenvalue weighted by atomic mass is 16.5. The van der Waals surface area contributed by atoms with E-state index in [-0.39, 0.29) is 11.5 Å². The lowest BCUT2D eigenvalue weighted by atomic mass is 9.88. The van der Waals surface area contributed by atoms with Crippen molar-refractivity contribution in [3.63, 3.8) is 0 Å². The minimum atomic E-state index is -0.223. The number of fused-ring (bicyclic) bond motifs is 1. The third-order valence-corrected chi connectivity index (χ3v) is 3.82. The SMILES string of the molecule is CCCNC1(CC(=O)OCC)CCc2ccccc21. The number of carbonyl (C=O) groups excluding carboxylic acids is 1. The Morgan fingerprint density at radius 3 is 2.89 bits per heavy atom. The number of benzene rings is 1. The summed E-state index contributed by atoms with van der Waals surface area (Å²) in [6, 6.07) is 8.43. The van der Waals surface area contributed by atoms with Crippen LogP contribution in [0.5, 0.6) is 0 Å². The smallest absolute Gasteiger partial charge is 0.308 e. The molecule has 1 aromatic rings. The van der Waals surface area contributed by atoms with Crippen molar-refractivity contribution < 1.29 is 9.53 Å². The van der Waals surface area contributed by atoms with Gasteiger partial charge in [0.15, 0.2) is 0 Å². The first-order valence-corrected chi connectivity index (χ1v) is 7.21. The maximum atomic E-state index is 11.9. The van der Waals surface area contributed by atoms with Crippen molar-refractivity contribution >= 4 is 5.97 Å². The van der Waals surface area contributed by atoms with Gasteiger partial charge in [-0.2, -0.15) is 0 Å². The van der Waals surface area contributed by atoms with Gasteiger partial charge in [0, 0.05) is 0 Å². The van der Waals surface area contributed by atoms with E-state index in [0.29, 0.717) is 13.0 Å². The summed E-state index contributed by atoms with van der Waals surface area (Å²) in [5.74, 6) is -0.109. The first kappa shape index (κ1) is 14.1. The normalized spacial score (nSPS) is 21.2. The Balaban J connectivity index is 2.24. The molecule has 0 spiro atoms. The van der Waals surface area contributed by atoms with Crippen molar-refractivity contribution in [2.45, 2.75) is 45.1 Å². The first-order valence-electron chi connectivity index (χ1n) is 7.21. The van der Waals surface area contributed by atoms with E-state index in [1.165, 1.54) is 11.1 Å². The molecule has 3 heteroatoms. The van der Waals surface area contributed by atoms with Gasteiger partial charge in [0.2, 0.25) is 0 Å². The number of rotatable bonds is 6. The second-order valence-electron chi connectivity index (χ2n) is 5.15. The van der Waals surface area contributed by atoms with Gasteiger partial charge in [-0.25, -0.2) is 0 Å². The van der Waals surface area contributed by atoms with E-state index in [1.807, 2.05) is 6.92 Å². The minimum Gasteiger partial charge on any atom is -0.466 e. The van der Waals surface area contributed by atoms with E-state index in [9.17, 15) is 4.79 Å². The van der Waals surface area contributed by atoms with Gasteiger partial charge in [-0.3, -0.25) is 4.79 Å². The molecule has 1 unspecified atom stereocenters. The van der Waals surface area contributed by atoms with E-state index < -0.39 is 0 Å². The van der Waals surface area contributed by atoms with Crippen molar-refractivity contribution in [3.05, 3.63) is 35.4 Å². The zero-order valence-electron chi connectivity index (χ0n) is 11.9. The Bertz CT molecular complexity index is 444. The second-order valence-corrected chi connectivity index (χ2v) is 5.15. The molecule has 1 aliphatic rings. The molecular weight excluding hydrogens is 238 g/mol. The lowest BCUT2D eigenvalue weighted by Crippen LogP contribution is -2.43. The summed E-state index contributed by atoms with van der Waals surface area (Å²) in [5, 5.41) is 3.59. The molecule has 0 fully saturated rings. The van der Waals surface area contributed by atoms with Gasteiger partial charge in [0.25, 0.3) is 0 Å². The number of aryl methyl sites for hydroxylation is 1. The Kier molecular flexibility index (Phi) is 4.59. The number of hydrogen-bond acceptors (Lipinski definition) is 3. The number of nitrogens with one attached hydrogen (secondary N) is 1. The molecule has 1 N–H and O–H groups in total. The van der Waals surface area contributed by atoms with Crippen molar-refractivity contribution in [1.82, 2.24) is 5.32 Å². The fourth-order valence-corrected chi connectivity index (χ4v) is 2.94. The fourth-order valence-electron chi connectivity index (χ4n) is 2.94. The van der Waals surface area contributed by atoms with E-state index in [4.69, 9.17) is 4.74 Å². The van der Waals surface area contributed by atoms with Crippen LogP contribution in [-0.2, 0) is 21.5 Å². The molecule has 3 nitrogen and oxygen atoms in total. The molecule has 0 aromatic heterocycles. The fraction of sp³-hybridized carbons (Fsp3) is 0.562. The van der Waals surface area contributed by atoms with E-state index >= 15 is 0 Å². The van der Waals surface area contributed by atoms with Gasteiger partial charge in [-0.1, -0.05) is 31.2 Å². The van der Waals surface area contributed by atoms with Gasteiger partial charge in [0.05, 0.1) is 18.6 Å². The average Bonchev–Trinajstić information content (AvgIpc) is 2.77. The molecule has 0 radical (unpaired) electrons. The maximum absolute atomic E-state index is 11.9. The molecule has 1 aliphatic carbocycles. The molecular formula is C16H23NO2. The van der Waals surface area contributed by atoms with E-state index in [2.05, 4.69) is 36.5 Å². The average molecular weight is 261 g/mol. The summed E-state index contributed by atoms with van der Waals surface area (Å²) in [7, 11) is 0. The number of esters is 1. The van der Waals surface area contributed by atoms with Crippen LogP contribution in [0.3, 0.4) is 0 Å². The number of hydrogen-bond donors (Lipinski definition) is 1. The Morgan fingerprint density at radius 1 is 1.37 bits per heavy atom. The van der Waals surface area contributed by atoms with Crippen molar-refractivity contribution in [1.29, 1.82) is 0 Å². The summed E-state index contributed by atoms with van der Waals surface area (Å²) >= 11 is 0. The Morgan fingerprint density at radius 2 is 2.16 bits per heavy atom. The predicted octanol–water partition coefficient (Wildman–Crippen LogP) is 2.78. The third kappa shape index (κ3) is 2.98. The lowest BCUT2D eigenvalue weighted by molar-refractivity contribution is -0.145. The van der Waals surface area contributed by atoms with E-state index in [0.717, 1.165) is 25.8 Å². The van der Waals surface area contributed by atoms with Gasteiger partial charge in [-0.15, -0.1) is 0 Å². The van der Waals surface area contributed by atoms with Crippen molar-refractivity contribution in [2.75, 3.05) is 13.2 Å². The Hall–Kier alpha value is -1.35. The summed E-state index contributed by atoms with van der Waals surface area (Å²) in [6.07, 6.45) is 3.50. The largest absolute Gasteiger partial charge is 0.466 e. The molecule has 104 valence electrons. The summed E-state index contributed by atoms with van der Waals surface area (Å²) < 4.78 is 5.14. The van der Waals surface area contributed by atoms with Crippen LogP contribution < -0.4 is 5.32 Å². The molecule has 1 aromatic carbocycles. The quantitative estimate of drug-likeness (QED) is 0.800. The zero-order valence-corrected chi connectivity index (χ0v) is 11.9. The highest BCUT2D eigenvalue weighted by Gasteiger charge is 2.40. The minimum absolute atomic E-state index is 0.109. The first-order chi connectivity index (χ1) is 9.22. The number of carbonyl (C=O) groups is 1. The van der Waals surface area contributed by atoms with Crippen molar-refractivity contribution in [3.8, 4) is 0 Å². The van der Waals surface area contributed by atoms with Crippen LogP contribution in [0.1, 0.15) is 44.2 Å². The van der Waals surface area contributed by atoms with Crippen LogP contribution in [0.4, 0.5) is 0 Å². The standard InChI is InChI=1S/C16H23NO2/c1-3-11-17-16(12-15(18)19-4-2)10-9-13-7-5-6-8-14(13)16/h5-8,17H,3-4,9-12H2,1-2H3. The molecule has 0 saturated heterocycles. The van der Waals surface area contributed by atoms with Crippen LogP contribution in [0, 0.1) is 0 Å². The monoisotopic (exact) mass is 261 g/mol. The van der Waals surface area contributed by atoms with Crippen LogP contribution >= 0.6 is 0 Å². The van der Waals surface area contributed by atoms with Gasteiger partial charge >= 0.3 is 5.97 Å². The zero-order chi connectivity index (χ0) is 13.7. The maximum Gasteiger partial charge on any atom is 0.308 e. The highest BCUT2D eigenvalue weighted by molar-refractivity contribution is 5.72. The van der Waals surface area contributed by atoms with E-state index in [1.54, 1.807) is 0 Å². The molecule has 0 amide bonds. The molecule has 0 heterocycles. The highest BCUT2D eigenvalue weighted by Crippen LogP contribution is 2.39. The van der Waals surface area contributed by atoms with Gasteiger partial charge in [-0.05, 0) is 43.9 Å².